The van der Waals surface area contributed by atoms with E-state index in [1.54, 1.807) is 35.7 Å². The first-order chi connectivity index (χ1) is 14.6. The summed E-state index contributed by atoms with van der Waals surface area (Å²) < 4.78 is 28.2. The SMILES string of the molecule is CC(C)(O)c1ccc(N2CCN(S(=O)(=O)c3cccs3)C[C@@H]2CN2CC[C@@H](O)C2)cc1. The maximum absolute atomic E-state index is 13.1. The molecule has 2 N–H and O–H groups in total. The Labute approximate surface area is 188 Å². The average Bonchev–Trinajstić information content (AvgIpc) is 3.40. The summed E-state index contributed by atoms with van der Waals surface area (Å²) in [5.41, 5.74) is 0.956. The third-order valence-corrected chi connectivity index (χ3v) is 9.39. The molecule has 2 aliphatic rings. The van der Waals surface area contributed by atoms with Crippen molar-refractivity contribution in [2.24, 2.45) is 0 Å². The normalized spacial score (nSPS) is 24.1. The van der Waals surface area contributed by atoms with Crippen LogP contribution in [0.4, 0.5) is 5.69 Å². The lowest BCUT2D eigenvalue weighted by atomic mass is 9.98. The van der Waals surface area contributed by atoms with Crippen molar-refractivity contribution in [3.05, 3.63) is 47.3 Å². The fourth-order valence-corrected chi connectivity index (χ4v) is 7.03. The first-order valence-corrected chi connectivity index (χ1v) is 13.0. The van der Waals surface area contributed by atoms with Gasteiger partial charge in [-0.3, -0.25) is 4.90 Å². The zero-order chi connectivity index (χ0) is 22.2. The molecule has 3 heterocycles. The minimum Gasteiger partial charge on any atom is -0.392 e. The second-order valence-electron chi connectivity index (χ2n) is 8.95. The van der Waals surface area contributed by atoms with Crippen LogP contribution in [0.1, 0.15) is 25.8 Å². The number of hydrogen-bond donors (Lipinski definition) is 2. The molecular formula is C22H31N3O4S2. The Morgan fingerprint density at radius 1 is 1.10 bits per heavy atom. The lowest BCUT2D eigenvalue weighted by Crippen LogP contribution is -2.58. The number of sulfonamides is 1. The van der Waals surface area contributed by atoms with Crippen LogP contribution in [0.25, 0.3) is 0 Å². The van der Waals surface area contributed by atoms with E-state index in [4.69, 9.17) is 0 Å². The molecule has 7 nitrogen and oxygen atoms in total. The maximum Gasteiger partial charge on any atom is 0.252 e. The van der Waals surface area contributed by atoms with Gasteiger partial charge < -0.3 is 15.1 Å². The van der Waals surface area contributed by atoms with Gasteiger partial charge in [0.05, 0.1) is 17.7 Å². The van der Waals surface area contributed by atoms with Crippen molar-refractivity contribution in [3.8, 4) is 0 Å². The Morgan fingerprint density at radius 2 is 1.84 bits per heavy atom. The topological polar surface area (TPSA) is 84.3 Å². The van der Waals surface area contributed by atoms with Gasteiger partial charge in [0.25, 0.3) is 10.0 Å². The summed E-state index contributed by atoms with van der Waals surface area (Å²) in [5, 5.41) is 22.0. The third kappa shape index (κ3) is 4.97. The molecule has 2 fully saturated rings. The van der Waals surface area contributed by atoms with Crippen molar-refractivity contribution in [1.29, 1.82) is 0 Å². The molecular weight excluding hydrogens is 434 g/mol. The molecule has 0 saturated carbocycles. The molecule has 170 valence electrons. The summed E-state index contributed by atoms with van der Waals surface area (Å²) in [6, 6.07) is 11.3. The number of rotatable bonds is 6. The lowest BCUT2D eigenvalue weighted by molar-refractivity contribution is 0.0786. The van der Waals surface area contributed by atoms with Crippen molar-refractivity contribution in [2.45, 2.75) is 42.2 Å². The largest absolute Gasteiger partial charge is 0.392 e. The van der Waals surface area contributed by atoms with E-state index in [1.165, 1.54) is 11.3 Å². The predicted octanol–water partition coefficient (Wildman–Crippen LogP) is 1.92. The van der Waals surface area contributed by atoms with E-state index in [0.29, 0.717) is 36.9 Å². The zero-order valence-corrected chi connectivity index (χ0v) is 19.6. The maximum atomic E-state index is 13.1. The molecule has 1 aromatic heterocycles. The summed E-state index contributed by atoms with van der Waals surface area (Å²) in [4.78, 5) is 4.48. The molecule has 2 aliphatic heterocycles. The van der Waals surface area contributed by atoms with Gasteiger partial charge in [-0.2, -0.15) is 4.31 Å². The van der Waals surface area contributed by atoms with E-state index in [0.717, 1.165) is 24.2 Å². The molecule has 1 aromatic carbocycles. The monoisotopic (exact) mass is 465 g/mol. The van der Waals surface area contributed by atoms with Crippen LogP contribution in [0.2, 0.25) is 0 Å². The number of aliphatic hydroxyl groups is 2. The van der Waals surface area contributed by atoms with Crippen LogP contribution >= 0.6 is 11.3 Å². The highest BCUT2D eigenvalue weighted by Gasteiger charge is 2.36. The number of anilines is 1. The van der Waals surface area contributed by atoms with E-state index < -0.39 is 15.6 Å². The highest BCUT2D eigenvalue weighted by atomic mass is 32.2. The van der Waals surface area contributed by atoms with Crippen LogP contribution in [0.3, 0.4) is 0 Å². The van der Waals surface area contributed by atoms with Gasteiger partial charge in [0.15, 0.2) is 0 Å². The van der Waals surface area contributed by atoms with Gasteiger partial charge in [-0.1, -0.05) is 18.2 Å². The van der Waals surface area contributed by atoms with Crippen LogP contribution in [-0.2, 0) is 15.6 Å². The van der Waals surface area contributed by atoms with E-state index >= 15 is 0 Å². The summed E-state index contributed by atoms with van der Waals surface area (Å²) >= 11 is 1.25. The number of hydrogen-bond acceptors (Lipinski definition) is 7. The molecule has 2 atom stereocenters. The molecule has 2 aromatic rings. The zero-order valence-electron chi connectivity index (χ0n) is 18.0. The number of β-amino-alcohol motifs (C(OH)–C–C–N with tert-alkyl or cyclic N) is 1. The fraction of sp³-hybridized carbons (Fsp3) is 0.545. The van der Waals surface area contributed by atoms with Crippen LogP contribution < -0.4 is 4.90 Å². The van der Waals surface area contributed by atoms with Crippen molar-refractivity contribution >= 4 is 27.0 Å². The van der Waals surface area contributed by atoms with Gasteiger partial charge in [0, 0.05) is 45.0 Å². The predicted molar refractivity (Wildman–Crippen MR) is 123 cm³/mol. The van der Waals surface area contributed by atoms with Gasteiger partial charge >= 0.3 is 0 Å². The number of piperazine rings is 1. The molecule has 0 bridgehead atoms. The molecule has 0 aliphatic carbocycles. The highest BCUT2D eigenvalue weighted by Crippen LogP contribution is 2.29. The van der Waals surface area contributed by atoms with Crippen molar-refractivity contribution in [1.82, 2.24) is 9.21 Å². The number of thiophene rings is 1. The Balaban J connectivity index is 1.57. The molecule has 9 heteroatoms. The standard InChI is InChI=1S/C22H31N3O4S2/c1-22(2,27)17-5-7-18(8-6-17)25-12-11-24(31(28,29)21-4-3-13-30-21)15-19(25)14-23-10-9-20(26)16-23/h3-8,13,19-20,26-27H,9-12,14-16H2,1-2H3/t19-,20+/m0/s1. The Kier molecular flexibility index (Phi) is 6.44. The summed E-state index contributed by atoms with van der Waals surface area (Å²) in [6.45, 7) is 7.08. The molecule has 0 amide bonds. The number of aliphatic hydroxyl groups excluding tert-OH is 1. The summed E-state index contributed by atoms with van der Waals surface area (Å²) in [6.07, 6.45) is 0.443. The quantitative estimate of drug-likeness (QED) is 0.678. The van der Waals surface area contributed by atoms with Gasteiger partial charge in [0.1, 0.15) is 4.21 Å². The van der Waals surface area contributed by atoms with E-state index in [1.807, 2.05) is 24.3 Å². The molecule has 0 spiro atoms. The second kappa shape index (κ2) is 8.80. The molecule has 0 unspecified atom stereocenters. The molecule has 0 radical (unpaired) electrons. The van der Waals surface area contributed by atoms with E-state index in [9.17, 15) is 18.6 Å². The smallest absolute Gasteiger partial charge is 0.252 e. The van der Waals surface area contributed by atoms with Gasteiger partial charge in [-0.05, 0) is 49.4 Å². The first-order valence-electron chi connectivity index (χ1n) is 10.7. The Bertz CT molecular complexity index is 971. The lowest BCUT2D eigenvalue weighted by Gasteiger charge is -2.43. The van der Waals surface area contributed by atoms with E-state index in [-0.39, 0.29) is 12.1 Å². The minimum absolute atomic E-state index is 0.0261. The van der Waals surface area contributed by atoms with Gasteiger partial charge in [0.2, 0.25) is 0 Å². The highest BCUT2D eigenvalue weighted by molar-refractivity contribution is 7.91. The van der Waals surface area contributed by atoms with Crippen molar-refractivity contribution in [2.75, 3.05) is 44.2 Å². The molecule has 4 rings (SSSR count). The first kappa shape index (κ1) is 22.7. The second-order valence-corrected chi connectivity index (χ2v) is 12.1. The number of likely N-dealkylation sites (tertiary alicyclic amines) is 1. The van der Waals surface area contributed by atoms with Crippen molar-refractivity contribution < 1.29 is 18.6 Å². The Morgan fingerprint density at radius 3 is 2.42 bits per heavy atom. The minimum atomic E-state index is -3.50. The van der Waals surface area contributed by atoms with Crippen LogP contribution in [0.15, 0.2) is 46.0 Å². The van der Waals surface area contributed by atoms with Gasteiger partial charge in [-0.15, -0.1) is 11.3 Å². The van der Waals surface area contributed by atoms with Crippen molar-refractivity contribution in [3.63, 3.8) is 0 Å². The van der Waals surface area contributed by atoms with Gasteiger partial charge in [-0.25, -0.2) is 8.42 Å². The number of nitrogens with zero attached hydrogens (tertiary/aromatic N) is 3. The van der Waals surface area contributed by atoms with Crippen LogP contribution in [-0.4, -0.2) is 79.3 Å². The number of benzene rings is 1. The average molecular weight is 466 g/mol. The third-order valence-electron chi connectivity index (χ3n) is 6.16. The summed E-state index contributed by atoms with van der Waals surface area (Å²) in [5.74, 6) is 0. The van der Waals surface area contributed by atoms with Crippen LogP contribution in [0, 0.1) is 0 Å². The van der Waals surface area contributed by atoms with E-state index in [2.05, 4.69) is 9.80 Å². The fourth-order valence-electron chi connectivity index (χ4n) is 4.42. The molecule has 31 heavy (non-hydrogen) atoms. The summed E-state index contributed by atoms with van der Waals surface area (Å²) in [7, 11) is -3.50. The molecule has 2 saturated heterocycles. The Hall–Kier alpha value is -1.49. The van der Waals surface area contributed by atoms with Crippen LogP contribution in [0.5, 0.6) is 0 Å².